The number of amides is 1. The molecule has 0 aliphatic heterocycles. The minimum Gasteiger partial charge on any atom is -0.382 e. The highest BCUT2D eigenvalue weighted by Crippen LogP contribution is 2.45. The number of halogens is 5. The molecule has 1 amide bonds. The molecule has 0 spiro atoms. The van der Waals surface area contributed by atoms with Crippen LogP contribution < -0.4 is 11.0 Å². The van der Waals surface area contributed by atoms with Crippen molar-refractivity contribution in [2.24, 2.45) is 0 Å². The predicted octanol–water partition coefficient (Wildman–Crippen LogP) is 3.70. The highest BCUT2D eigenvalue weighted by atomic mass is 35.5. The molecule has 15 heteroatoms. The van der Waals surface area contributed by atoms with Gasteiger partial charge in [-0.3, -0.25) is 9.36 Å². The quantitative estimate of drug-likeness (QED) is 0.320. The number of nitrogens with zero attached hydrogens (tertiary/aromatic N) is 6. The van der Waals surface area contributed by atoms with Crippen LogP contribution in [0.15, 0.2) is 53.3 Å². The van der Waals surface area contributed by atoms with Crippen molar-refractivity contribution in [3.63, 3.8) is 0 Å². The maximum absolute atomic E-state index is 13.3. The van der Waals surface area contributed by atoms with E-state index in [0.29, 0.717) is 40.0 Å². The fourth-order valence-electron chi connectivity index (χ4n) is 4.32. The number of aliphatic hydroxyl groups is 1. The molecule has 1 aliphatic carbocycles. The maximum Gasteiger partial charge on any atom is 0.416 e. The number of rotatable bonds is 8. The molecule has 2 heterocycles. The van der Waals surface area contributed by atoms with E-state index >= 15 is 0 Å². The van der Waals surface area contributed by atoms with Crippen molar-refractivity contribution in [2.45, 2.75) is 50.7 Å². The molecule has 10 nitrogen and oxygen atoms in total. The summed E-state index contributed by atoms with van der Waals surface area (Å²) in [6.07, 6.45) is -6.56. The third-order valence-electron chi connectivity index (χ3n) is 6.37. The first-order chi connectivity index (χ1) is 18.9. The summed E-state index contributed by atoms with van der Waals surface area (Å²) in [5.41, 5.74) is -0.895. The summed E-state index contributed by atoms with van der Waals surface area (Å²) in [4.78, 5) is 29.8. The molecule has 1 fully saturated rings. The van der Waals surface area contributed by atoms with Crippen LogP contribution in [0.1, 0.15) is 31.4 Å². The van der Waals surface area contributed by atoms with Crippen molar-refractivity contribution in [2.75, 3.05) is 0 Å². The molecule has 0 radical (unpaired) electrons. The van der Waals surface area contributed by atoms with E-state index in [2.05, 4.69) is 20.5 Å². The zero-order valence-corrected chi connectivity index (χ0v) is 22.4. The molecule has 1 atom stereocenters. The Labute approximate surface area is 235 Å². The molecule has 4 aromatic rings. The third-order valence-corrected chi connectivity index (χ3v) is 6.95. The first kappa shape index (κ1) is 27.9. The van der Waals surface area contributed by atoms with Gasteiger partial charge in [0.15, 0.2) is 23.6 Å². The van der Waals surface area contributed by atoms with Gasteiger partial charge in [-0.25, -0.2) is 19.1 Å². The summed E-state index contributed by atoms with van der Waals surface area (Å²) in [6, 6.07) is 12.9. The van der Waals surface area contributed by atoms with Crippen molar-refractivity contribution in [3.8, 4) is 17.1 Å². The Kier molecular flexibility index (Phi) is 7.23. The van der Waals surface area contributed by atoms with Gasteiger partial charge in [0.25, 0.3) is 0 Å². The number of alkyl halides is 3. The second-order valence-electron chi connectivity index (χ2n) is 9.42. The van der Waals surface area contributed by atoms with E-state index in [1.807, 2.05) is 0 Å². The summed E-state index contributed by atoms with van der Waals surface area (Å²) in [6.45, 7) is 0.00483. The number of hydrogen-bond donors (Lipinski definition) is 2. The molecule has 1 aliphatic rings. The lowest BCUT2D eigenvalue weighted by Gasteiger charge is -2.17. The molecule has 5 rings (SSSR count). The van der Waals surface area contributed by atoms with Gasteiger partial charge in [0.05, 0.1) is 17.3 Å². The summed E-state index contributed by atoms with van der Waals surface area (Å²) < 4.78 is 42.7. The number of aliphatic hydroxyl groups excluding tert-OH is 1. The summed E-state index contributed by atoms with van der Waals surface area (Å²) >= 11 is 12.4. The molecule has 2 aromatic carbocycles. The highest BCUT2D eigenvalue weighted by molar-refractivity contribution is 6.32. The van der Waals surface area contributed by atoms with Gasteiger partial charge >= 0.3 is 11.9 Å². The summed E-state index contributed by atoms with van der Waals surface area (Å²) in [5.74, 6) is 0.132. The smallest absolute Gasteiger partial charge is 0.382 e. The van der Waals surface area contributed by atoms with Crippen LogP contribution in [0.4, 0.5) is 13.2 Å². The van der Waals surface area contributed by atoms with Crippen LogP contribution in [0.5, 0.6) is 0 Å². The molecule has 2 N–H and O–H groups in total. The SMILES string of the molecule is CC(=O)NC1(c2nc(Cn3nc(-c4ccc(Cl)cc4)n(CC(O)C(F)(F)F)c3=O)nn2-c2ccccc2Cl)CC1. The van der Waals surface area contributed by atoms with Crippen molar-refractivity contribution < 1.29 is 23.1 Å². The lowest BCUT2D eigenvalue weighted by molar-refractivity contribution is -0.207. The van der Waals surface area contributed by atoms with E-state index in [1.54, 1.807) is 24.3 Å². The molecule has 210 valence electrons. The Bertz CT molecular complexity index is 1630. The number of benzene rings is 2. The van der Waals surface area contributed by atoms with E-state index in [4.69, 9.17) is 23.2 Å². The second-order valence-corrected chi connectivity index (χ2v) is 10.3. The molecule has 2 aromatic heterocycles. The Balaban J connectivity index is 1.59. The van der Waals surface area contributed by atoms with Crippen LogP contribution in [-0.4, -0.2) is 52.4 Å². The Morgan fingerprint density at radius 1 is 1.12 bits per heavy atom. The standard InChI is InChI=1S/C25H22Cl2F3N7O3/c1-14(38)32-24(10-11-24)22-31-20(33-37(22)18-5-3-2-4-17(18)27)13-36-23(40)35(12-19(39)25(28,29)30)21(34-36)15-6-8-16(26)9-7-15/h2-9,19,39H,10-13H2,1H3,(H,32,38). The third kappa shape index (κ3) is 5.49. The topological polar surface area (TPSA) is 120 Å². The molecule has 1 unspecified atom stereocenters. The van der Waals surface area contributed by atoms with Gasteiger partial charge in [0.2, 0.25) is 5.91 Å². The van der Waals surface area contributed by atoms with Crippen LogP contribution in [0, 0.1) is 0 Å². The zero-order valence-electron chi connectivity index (χ0n) is 20.9. The second kappa shape index (κ2) is 10.4. The van der Waals surface area contributed by atoms with Crippen LogP contribution in [-0.2, 0) is 23.4 Å². The number of aromatic nitrogens is 6. The first-order valence-electron chi connectivity index (χ1n) is 12.1. The van der Waals surface area contributed by atoms with Gasteiger partial charge in [0, 0.05) is 17.5 Å². The number of hydrogen-bond acceptors (Lipinski definition) is 6. The fraction of sp³-hybridized carbons (Fsp3) is 0.320. The Morgan fingerprint density at radius 2 is 1.80 bits per heavy atom. The summed E-state index contributed by atoms with van der Waals surface area (Å²) in [5, 5.41) is 22.2. The van der Waals surface area contributed by atoms with Gasteiger partial charge in [0.1, 0.15) is 12.1 Å². The monoisotopic (exact) mass is 595 g/mol. The Hall–Kier alpha value is -3.68. The minimum absolute atomic E-state index is 0.104. The molecule has 0 bridgehead atoms. The van der Waals surface area contributed by atoms with Gasteiger partial charge < -0.3 is 10.4 Å². The Morgan fingerprint density at radius 3 is 2.40 bits per heavy atom. The van der Waals surface area contributed by atoms with Crippen LogP contribution in [0.3, 0.4) is 0 Å². The van der Waals surface area contributed by atoms with Crippen molar-refractivity contribution in [1.29, 1.82) is 0 Å². The van der Waals surface area contributed by atoms with Crippen LogP contribution in [0.2, 0.25) is 10.0 Å². The number of para-hydroxylation sites is 1. The molecular weight excluding hydrogens is 574 g/mol. The predicted molar refractivity (Wildman–Crippen MR) is 139 cm³/mol. The van der Waals surface area contributed by atoms with E-state index < -0.39 is 30.1 Å². The van der Waals surface area contributed by atoms with Crippen LogP contribution in [0.25, 0.3) is 17.1 Å². The fourth-order valence-corrected chi connectivity index (χ4v) is 4.66. The van der Waals surface area contributed by atoms with Gasteiger partial charge in [-0.05, 0) is 49.2 Å². The number of carbonyl (C=O) groups excluding carboxylic acids is 1. The summed E-state index contributed by atoms with van der Waals surface area (Å²) in [7, 11) is 0. The average molecular weight is 596 g/mol. The largest absolute Gasteiger partial charge is 0.416 e. The van der Waals surface area contributed by atoms with E-state index in [9.17, 15) is 27.9 Å². The normalized spacial score (nSPS) is 15.2. The van der Waals surface area contributed by atoms with Crippen molar-refractivity contribution in [1.82, 2.24) is 34.4 Å². The number of carbonyl (C=O) groups is 1. The van der Waals surface area contributed by atoms with Crippen molar-refractivity contribution >= 4 is 29.1 Å². The van der Waals surface area contributed by atoms with E-state index in [1.165, 1.54) is 35.9 Å². The average Bonchev–Trinajstić information content (AvgIpc) is 3.42. The van der Waals surface area contributed by atoms with Gasteiger partial charge in [-0.1, -0.05) is 35.3 Å². The molecule has 1 saturated carbocycles. The van der Waals surface area contributed by atoms with E-state index in [0.717, 1.165) is 9.25 Å². The van der Waals surface area contributed by atoms with Crippen LogP contribution >= 0.6 is 23.2 Å². The molecule has 0 saturated heterocycles. The minimum atomic E-state index is -4.95. The van der Waals surface area contributed by atoms with Gasteiger partial charge in [-0.2, -0.15) is 13.2 Å². The lowest BCUT2D eigenvalue weighted by Crippen LogP contribution is -2.37. The maximum atomic E-state index is 13.3. The molecular formula is C25H22Cl2F3N7O3. The molecule has 40 heavy (non-hydrogen) atoms. The number of nitrogens with one attached hydrogen (secondary N) is 1. The van der Waals surface area contributed by atoms with Crippen molar-refractivity contribution in [3.05, 3.63) is 80.7 Å². The highest BCUT2D eigenvalue weighted by Gasteiger charge is 2.50. The van der Waals surface area contributed by atoms with Gasteiger partial charge in [-0.15, -0.1) is 10.2 Å². The zero-order chi connectivity index (χ0) is 28.8. The van der Waals surface area contributed by atoms with E-state index in [-0.39, 0.29) is 24.1 Å². The lowest BCUT2D eigenvalue weighted by atomic mass is 10.2. The first-order valence-corrected chi connectivity index (χ1v) is 12.8.